The van der Waals surface area contributed by atoms with Gasteiger partial charge in [0.05, 0.1) is 23.0 Å². The van der Waals surface area contributed by atoms with Crippen molar-refractivity contribution in [3.63, 3.8) is 0 Å². The number of carbonyl (C=O) groups is 3. The van der Waals surface area contributed by atoms with Gasteiger partial charge in [0.25, 0.3) is 5.60 Å². The summed E-state index contributed by atoms with van der Waals surface area (Å²) in [7, 11) is 0. The number of ether oxygens (including phenoxy) is 4. The molecule has 4 atom stereocenters. The van der Waals surface area contributed by atoms with E-state index in [2.05, 4.69) is 20.9 Å². The summed E-state index contributed by atoms with van der Waals surface area (Å²) >= 11 is 6.13. The Morgan fingerprint density at radius 1 is 0.891 bits per heavy atom. The minimum atomic E-state index is -2.25. The molecule has 0 bridgehead atoms. The predicted molar refractivity (Wildman–Crippen MR) is 160 cm³/mol. The molecular weight excluding hydrogens is 619 g/mol. The number of aromatic nitrogens is 4. The number of esters is 3. The van der Waals surface area contributed by atoms with E-state index in [1.54, 1.807) is 66.7 Å². The molecule has 46 heavy (non-hydrogen) atoms. The van der Waals surface area contributed by atoms with Gasteiger partial charge in [-0.15, -0.1) is 6.42 Å². The molecule has 0 saturated carbocycles. The zero-order valence-corrected chi connectivity index (χ0v) is 24.4. The summed E-state index contributed by atoms with van der Waals surface area (Å²) in [6.45, 7) is -0.500. The fraction of sp³-hybridized carbons (Fsp3) is 0.152. The molecule has 2 aromatic heterocycles. The number of imidazole rings is 1. The van der Waals surface area contributed by atoms with E-state index in [4.69, 9.17) is 37.0 Å². The van der Waals surface area contributed by atoms with Crippen molar-refractivity contribution in [2.75, 3.05) is 6.61 Å². The van der Waals surface area contributed by atoms with Crippen molar-refractivity contribution in [3.8, 4) is 12.3 Å². The van der Waals surface area contributed by atoms with Crippen LogP contribution in [0.15, 0.2) is 97.3 Å². The average Bonchev–Trinajstić information content (AvgIpc) is 3.63. The molecule has 11 nitrogen and oxygen atoms in total. The van der Waals surface area contributed by atoms with Crippen LogP contribution in [-0.4, -0.2) is 61.8 Å². The van der Waals surface area contributed by atoms with Crippen molar-refractivity contribution in [2.45, 2.75) is 24.0 Å². The van der Waals surface area contributed by atoms with E-state index in [1.165, 1.54) is 35.2 Å². The average molecular weight is 641 g/mol. The van der Waals surface area contributed by atoms with Gasteiger partial charge in [0.2, 0.25) is 0 Å². The van der Waals surface area contributed by atoms with Gasteiger partial charge >= 0.3 is 24.0 Å². The zero-order chi connectivity index (χ0) is 32.3. The highest BCUT2D eigenvalue weighted by Crippen LogP contribution is 2.45. The van der Waals surface area contributed by atoms with Crippen molar-refractivity contribution in [3.05, 3.63) is 125 Å². The molecule has 1 fully saturated rings. The Bertz CT molecular complexity index is 1950. The van der Waals surface area contributed by atoms with E-state index >= 15 is 0 Å². The maximum Gasteiger partial charge on any atom is 0.339 e. The molecule has 6 rings (SSSR count). The number of hydrogen-bond donors (Lipinski definition) is 0. The Morgan fingerprint density at radius 2 is 1.46 bits per heavy atom. The largest absolute Gasteiger partial charge is 0.459 e. The third-order valence-electron chi connectivity index (χ3n) is 7.16. The third-order valence-corrected chi connectivity index (χ3v) is 7.43. The van der Waals surface area contributed by atoms with Gasteiger partial charge in [-0.25, -0.2) is 19.4 Å². The van der Waals surface area contributed by atoms with Crippen LogP contribution in [0.25, 0.3) is 11.2 Å². The van der Waals surface area contributed by atoms with Crippen molar-refractivity contribution in [1.29, 1.82) is 0 Å². The molecule has 0 radical (unpaired) electrons. The number of terminal acetylenes is 1. The number of fused-ring (bicyclic) bond motifs is 1. The van der Waals surface area contributed by atoms with Crippen LogP contribution in [0.5, 0.6) is 0 Å². The first-order valence-corrected chi connectivity index (χ1v) is 14.1. The first-order chi connectivity index (χ1) is 22.3. The molecular formula is C33H22ClFN4O7. The number of hydrogen-bond acceptors (Lipinski definition) is 10. The van der Waals surface area contributed by atoms with Crippen molar-refractivity contribution >= 4 is 40.7 Å². The number of halogens is 2. The van der Waals surface area contributed by atoms with Gasteiger partial charge in [-0.2, -0.15) is 14.4 Å². The lowest BCUT2D eigenvalue weighted by molar-refractivity contribution is -0.0865. The Labute approximate surface area is 265 Å². The number of nitrogens with zero attached hydrogens (tertiary/aromatic N) is 4. The Kier molecular flexibility index (Phi) is 8.43. The minimum Gasteiger partial charge on any atom is -0.459 e. The second kappa shape index (κ2) is 12.8. The maximum absolute atomic E-state index is 14.4. The summed E-state index contributed by atoms with van der Waals surface area (Å²) in [6.07, 6.45) is 1.71. The standard InChI is InChI=1S/C33H22ClFN4O7/c1-2-33(46-30(42)22-16-10-5-11-17-22)25(45-29(41)21-14-8-4-9-15-21)23(18-43-28(40)20-12-6-3-7-13-20)44-31(33)39-19-36-24-26(34)37-32(35)38-27(24)39/h1,3-17,19,23,25,31H,18H2/t23-,25-,31-,33-/m1/s1. The maximum atomic E-state index is 14.4. The molecule has 1 aliphatic heterocycles. The van der Waals surface area contributed by atoms with Gasteiger partial charge in [-0.05, 0) is 42.3 Å². The van der Waals surface area contributed by atoms with Crippen molar-refractivity contribution in [1.82, 2.24) is 19.5 Å². The van der Waals surface area contributed by atoms with Gasteiger partial charge in [0, 0.05) is 0 Å². The van der Waals surface area contributed by atoms with Crippen LogP contribution in [0, 0.1) is 18.4 Å². The monoisotopic (exact) mass is 640 g/mol. The van der Waals surface area contributed by atoms with E-state index in [1.807, 2.05) is 0 Å². The molecule has 0 spiro atoms. The molecule has 1 aliphatic rings. The van der Waals surface area contributed by atoms with Crippen LogP contribution >= 0.6 is 11.6 Å². The second-order valence-electron chi connectivity index (χ2n) is 9.98. The lowest BCUT2D eigenvalue weighted by Crippen LogP contribution is -2.51. The number of rotatable bonds is 8. The topological polar surface area (TPSA) is 132 Å². The first kappa shape index (κ1) is 30.4. The van der Waals surface area contributed by atoms with Crippen molar-refractivity contribution in [2.24, 2.45) is 0 Å². The van der Waals surface area contributed by atoms with Crippen LogP contribution in [0.3, 0.4) is 0 Å². The molecule has 3 heterocycles. The van der Waals surface area contributed by atoms with Crippen LogP contribution < -0.4 is 0 Å². The molecule has 0 N–H and O–H groups in total. The van der Waals surface area contributed by atoms with Crippen molar-refractivity contribution < 1.29 is 37.7 Å². The van der Waals surface area contributed by atoms with Gasteiger partial charge < -0.3 is 18.9 Å². The summed E-state index contributed by atoms with van der Waals surface area (Å²) in [5.41, 5.74) is -1.90. The molecule has 0 amide bonds. The van der Waals surface area contributed by atoms with Crippen LogP contribution in [-0.2, 0) is 18.9 Å². The molecule has 5 aromatic rings. The molecule has 1 saturated heterocycles. The van der Waals surface area contributed by atoms with Gasteiger partial charge in [-0.1, -0.05) is 66.2 Å². The molecule has 3 aromatic carbocycles. The SMILES string of the molecule is C#C[C@@]1(OC(=O)c2ccccc2)[C@H](OC(=O)c2ccccc2)[C@@H](COC(=O)c2ccccc2)O[C@H]1n1cnc2c(Cl)nc(F)nc21. The highest BCUT2D eigenvalue weighted by atomic mass is 35.5. The van der Waals surface area contributed by atoms with E-state index in [0.29, 0.717) is 0 Å². The summed E-state index contributed by atoms with van der Waals surface area (Å²) in [5, 5.41) is -0.299. The summed E-state index contributed by atoms with van der Waals surface area (Å²) in [4.78, 5) is 51.4. The smallest absolute Gasteiger partial charge is 0.339 e. The molecule has 230 valence electrons. The Balaban J connectivity index is 1.46. The summed E-state index contributed by atoms with van der Waals surface area (Å²) in [6, 6.07) is 24.1. The van der Waals surface area contributed by atoms with E-state index in [-0.39, 0.29) is 33.0 Å². The van der Waals surface area contributed by atoms with Crippen LogP contribution in [0.4, 0.5) is 4.39 Å². The Morgan fingerprint density at radius 3 is 2.04 bits per heavy atom. The third kappa shape index (κ3) is 5.77. The normalized spacial score (nSPS) is 20.5. The van der Waals surface area contributed by atoms with E-state index < -0.39 is 54.6 Å². The van der Waals surface area contributed by atoms with E-state index in [0.717, 1.165) is 0 Å². The lowest BCUT2D eigenvalue weighted by atomic mass is 9.93. The van der Waals surface area contributed by atoms with Gasteiger partial charge in [0.15, 0.2) is 23.1 Å². The Hall–Kier alpha value is -5.64. The van der Waals surface area contributed by atoms with Gasteiger partial charge in [0.1, 0.15) is 18.2 Å². The summed E-state index contributed by atoms with van der Waals surface area (Å²) < 4.78 is 39.4. The minimum absolute atomic E-state index is 0.0104. The van der Waals surface area contributed by atoms with Crippen LogP contribution in [0.1, 0.15) is 37.3 Å². The van der Waals surface area contributed by atoms with Crippen LogP contribution in [0.2, 0.25) is 5.15 Å². The quantitative estimate of drug-likeness (QED) is 0.0764. The highest BCUT2D eigenvalue weighted by Gasteiger charge is 2.63. The first-order valence-electron chi connectivity index (χ1n) is 13.8. The summed E-state index contributed by atoms with van der Waals surface area (Å²) in [5.74, 6) is 0.0294. The fourth-order valence-corrected chi connectivity index (χ4v) is 5.20. The number of carbonyl (C=O) groups excluding carboxylic acids is 3. The number of benzene rings is 3. The molecule has 0 aliphatic carbocycles. The molecule has 13 heteroatoms. The zero-order valence-electron chi connectivity index (χ0n) is 23.7. The fourth-order valence-electron chi connectivity index (χ4n) is 5.00. The highest BCUT2D eigenvalue weighted by molar-refractivity contribution is 6.33. The van der Waals surface area contributed by atoms with Gasteiger partial charge in [-0.3, -0.25) is 4.57 Å². The lowest BCUT2D eigenvalue weighted by Gasteiger charge is -2.33. The molecule has 0 unspecified atom stereocenters. The second-order valence-corrected chi connectivity index (χ2v) is 10.3. The van der Waals surface area contributed by atoms with E-state index in [9.17, 15) is 18.8 Å². The predicted octanol–water partition coefficient (Wildman–Crippen LogP) is 4.83.